The summed E-state index contributed by atoms with van der Waals surface area (Å²) in [6.45, 7) is 2.92. The SMILES string of the molecule is CCCS(=O)(=O)N1CCC(c2ccc3[nH]c(C(=O)O)cc3c2)C1. The fraction of sp³-hybridized carbons (Fsp3) is 0.438. The van der Waals surface area contributed by atoms with Crippen LogP contribution in [0.2, 0.25) is 0 Å². The van der Waals surface area contributed by atoms with Crippen LogP contribution in [0.4, 0.5) is 0 Å². The van der Waals surface area contributed by atoms with Crippen LogP contribution < -0.4 is 0 Å². The quantitative estimate of drug-likeness (QED) is 0.877. The van der Waals surface area contributed by atoms with Crippen LogP contribution in [0.1, 0.15) is 41.7 Å². The van der Waals surface area contributed by atoms with Crippen molar-refractivity contribution < 1.29 is 18.3 Å². The third kappa shape index (κ3) is 3.11. The lowest BCUT2D eigenvalue weighted by Crippen LogP contribution is -2.30. The highest BCUT2D eigenvalue weighted by Crippen LogP contribution is 2.31. The summed E-state index contributed by atoms with van der Waals surface area (Å²) in [6.07, 6.45) is 1.42. The number of aromatic amines is 1. The summed E-state index contributed by atoms with van der Waals surface area (Å²) in [5.74, 6) is -0.631. The molecule has 0 bridgehead atoms. The Labute approximate surface area is 135 Å². The Kier molecular flexibility index (Phi) is 4.16. The van der Waals surface area contributed by atoms with Crippen molar-refractivity contribution >= 4 is 26.9 Å². The van der Waals surface area contributed by atoms with E-state index in [2.05, 4.69) is 4.98 Å². The fourth-order valence-electron chi connectivity index (χ4n) is 3.16. The van der Waals surface area contributed by atoms with Gasteiger partial charge in [-0.25, -0.2) is 17.5 Å². The average Bonchev–Trinajstić information content (AvgIpc) is 3.13. The fourth-order valence-corrected chi connectivity index (χ4v) is 4.73. The average molecular weight is 336 g/mol. The van der Waals surface area contributed by atoms with Gasteiger partial charge in [-0.1, -0.05) is 13.0 Å². The monoisotopic (exact) mass is 336 g/mol. The van der Waals surface area contributed by atoms with E-state index in [1.165, 1.54) is 0 Å². The van der Waals surface area contributed by atoms with Crippen molar-refractivity contribution in [3.05, 3.63) is 35.5 Å². The van der Waals surface area contributed by atoms with Crippen LogP contribution in [0, 0.1) is 0 Å². The zero-order valence-electron chi connectivity index (χ0n) is 12.9. The highest BCUT2D eigenvalue weighted by atomic mass is 32.2. The number of hydrogen-bond acceptors (Lipinski definition) is 3. The third-order valence-corrected chi connectivity index (χ3v) is 6.40. The maximum Gasteiger partial charge on any atom is 0.352 e. The number of nitrogens with zero attached hydrogens (tertiary/aromatic N) is 1. The van der Waals surface area contributed by atoms with Crippen molar-refractivity contribution in [1.82, 2.24) is 9.29 Å². The van der Waals surface area contributed by atoms with E-state index in [0.29, 0.717) is 19.5 Å². The van der Waals surface area contributed by atoms with Crippen LogP contribution >= 0.6 is 0 Å². The number of rotatable bonds is 5. The Morgan fingerprint density at radius 1 is 1.39 bits per heavy atom. The van der Waals surface area contributed by atoms with Gasteiger partial charge in [-0.3, -0.25) is 0 Å². The minimum Gasteiger partial charge on any atom is -0.477 e. The van der Waals surface area contributed by atoms with E-state index >= 15 is 0 Å². The maximum atomic E-state index is 12.2. The van der Waals surface area contributed by atoms with Crippen LogP contribution in [-0.2, 0) is 10.0 Å². The molecule has 1 aromatic carbocycles. The minimum absolute atomic E-state index is 0.161. The second kappa shape index (κ2) is 5.98. The van der Waals surface area contributed by atoms with E-state index in [1.807, 2.05) is 25.1 Å². The van der Waals surface area contributed by atoms with Gasteiger partial charge in [-0.2, -0.15) is 0 Å². The molecule has 0 radical (unpaired) electrons. The first kappa shape index (κ1) is 16.0. The summed E-state index contributed by atoms with van der Waals surface area (Å²) in [6, 6.07) is 7.38. The lowest BCUT2D eigenvalue weighted by atomic mass is 9.97. The van der Waals surface area contributed by atoms with E-state index < -0.39 is 16.0 Å². The van der Waals surface area contributed by atoms with E-state index in [1.54, 1.807) is 10.4 Å². The van der Waals surface area contributed by atoms with Crippen molar-refractivity contribution in [2.75, 3.05) is 18.8 Å². The molecule has 1 saturated heterocycles. The van der Waals surface area contributed by atoms with Crippen LogP contribution in [0.5, 0.6) is 0 Å². The predicted molar refractivity (Wildman–Crippen MR) is 88.3 cm³/mol. The number of aromatic carboxylic acids is 1. The van der Waals surface area contributed by atoms with Crippen LogP contribution in [0.3, 0.4) is 0 Å². The molecule has 0 spiro atoms. The normalized spacial score (nSPS) is 19.4. The lowest BCUT2D eigenvalue weighted by Gasteiger charge is -2.16. The second-order valence-electron chi connectivity index (χ2n) is 5.99. The number of hydrogen-bond donors (Lipinski definition) is 2. The maximum absolute atomic E-state index is 12.2. The van der Waals surface area contributed by atoms with Gasteiger partial charge in [0.2, 0.25) is 10.0 Å². The molecule has 23 heavy (non-hydrogen) atoms. The van der Waals surface area contributed by atoms with Gasteiger partial charge < -0.3 is 10.1 Å². The molecule has 2 heterocycles. The summed E-state index contributed by atoms with van der Waals surface area (Å²) >= 11 is 0. The molecule has 1 aromatic heterocycles. The van der Waals surface area contributed by atoms with Crippen molar-refractivity contribution in [3.8, 4) is 0 Å². The van der Waals surface area contributed by atoms with Crippen LogP contribution in [0.25, 0.3) is 10.9 Å². The molecule has 1 atom stereocenters. The molecule has 0 aliphatic carbocycles. The van der Waals surface area contributed by atoms with Crippen LogP contribution in [0.15, 0.2) is 24.3 Å². The number of carboxylic acid groups (broad SMARTS) is 1. The Hall–Kier alpha value is -1.86. The molecule has 0 amide bonds. The molecule has 1 unspecified atom stereocenters. The molecule has 7 heteroatoms. The topological polar surface area (TPSA) is 90.5 Å². The van der Waals surface area contributed by atoms with Gasteiger partial charge in [0.1, 0.15) is 5.69 Å². The second-order valence-corrected chi connectivity index (χ2v) is 8.08. The zero-order valence-corrected chi connectivity index (χ0v) is 13.8. The predicted octanol–water partition coefficient (Wildman–Crippen LogP) is 2.40. The summed E-state index contributed by atoms with van der Waals surface area (Å²) in [7, 11) is -3.15. The van der Waals surface area contributed by atoms with E-state index in [0.717, 1.165) is 22.9 Å². The molecule has 6 nitrogen and oxygen atoms in total. The molecular weight excluding hydrogens is 316 g/mol. The number of fused-ring (bicyclic) bond motifs is 1. The molecule has 1 aliphatic heterocycles. The molecule has 124 valence electrons. The molecule has 1 aliphatic rings. The van der Waals surface area contributed by atoms with Gasteiger partial charge in [-0.05, 0) is 42.5 Å². The van der Waals surface area contributed by atoms with Crippen molar-refractivity contribution in [2.45, 2.75) is 25.7 Å². The molecule has 3 rings (SSSR count). The van der Waals surface area contributed by atoms with E-state index in [9.17, 15) is 13.2 Å². The Balaban J connectivity index is 1.83. The van der Waals surface area contributed by atoms with Gasteiger partial charge in [-0.15, -0.1) is 0 Å². The van der Waals surface area contributed by atoms with Crippen molar-refractivity contribution in [1.29, 1.82) is 0 Å². The first-order valence-electron chi connectivity index (χ1n) is 7.74. The van der Waals surface area contributed by atoms with E-state index in [4.69, 9.17) is 5.11 Å². The largest absolute Gasteiger partial charge is 0.477 e. The van der Waals surface area contributed by atoms with Crippen LogP contribution in [-0.4, -0.2) is 47.6 Å². The Morgan fingerprint density at radius 3 is 2.87 bits per heavy atom. The molecule has 0 saturated carbocycles. The number of nitrogens with one attached hydrogen (secondary N) is 1. The highest BCUT2D eigenvalue weighted by Gasteiger charge is 2.31. The van der Waals surface area contributed by atoms with Gasteiger partial charge in [0, 0.05) is 24.0 Å². The number of carbonyl (C=O) groups is 1. The Bertz CT molecular complexity index is 841. The summed E-state index contributed by atoms with van der Waals surface area (Å²) < 4.78 is 25.9. The first-order chi connectivity index (χ1) is 10.9. The molecular formula is C16H20N2O4S. The van der Waals surface area contributed by atoms with Crippen molar-refractivity contribution in [2.24, 2.45) is 0 Å². The molecule has 1 fully saturated rings. The number of H-pyrrole nitrogens is 1. The summed E-state index contributed by atoms with van der Waals surface area (Å²) in [4.78, 5) is 13.9. The first-order valence-corrected chi connectivity index (χ1v) is 9.35. The number of benzene rings is 1. The van der Waals surface area contributed by atoms with Gasteiger partial charge in [0.25, 0.3) is 0 Å². The van der Waals surface area contributed by atoms with Gasteiger partial charge in [0.05, 0.1) is 5.75 Å². The molecule has 2 aromatic rings. The molecule has 2 N–H and O–H groups in total. The van der Waals surface area contributed by atoms with Crippen molar-refractivity contribution in [3.63, 3.8) is 0 Å². The lowest BCUT2D eigenvalue weighted by molar-refractivity contribution is 0.0691. The minimum atomic E-state index is -3.15. The number of aromatic nitrogens is 1. The highest BCUT2D eigenvalue weighted by molar-refractivity contribution is 7.89. The summed E-state index contributed by atoms with van der Waals surface area (Å²) in [5.41, 5.74) is 2.00. The van der Waals surface area contributed by atoms with Gasteiger partial charge in [0.15, 0.2) is 0 Å². The smallest absolute Gasteiger partial charge is 0.352 e. The standard InChI is InChI=1S/C16H20N2O4S/c1-2-7-23(21,22)18-6-5-12(10-18)11-3-4-14-13(8-11)9-15(17-14)16(19)20/h3-4,8-9,12,17H,2,5-7,10H2,1H3,(H,19,20). The third-order valence-electron chi connectivity index (χ3n) is 4.35. The van der Waals surface area contributed by atoms with Gasteiger partial charge >= 0.3 is 5.97 Å². The summed E-state index contributed by atoms with van der Waals surface area (Å²) in [5, 5.41) is 9.88. The van der Waals surface area contributed by atoms with E-state index in [-0.39, 0.29) is 17.4 Å². The number of carboxylic acids is 1. The zero-order chi connectivity index (χ0) is 16.6. The number of sulfonamides is 1. The Morgan fingerprint density at radius 2 is 2.17 bits per heavy atom.